The number of benzene rings is 1. The average molecular weight is 117 g/mol. The standard InChI is InChI=1S/C9H8/c1-2-5-9-7-3-6-8(9)4-1/h1-6H,7H2/p+1. The molecule has 0 spiro atoms. The highest BCUT2D eigenvalue weighted by atomic mass is 14.0. The van der Waals surface area contributed by atoms with Gasteiger partial charge in [-0.1, -0.05) is 36.4 Å². The molecule has 0 nitrogen and oxygen atoms in total. The Hall–Kier alpha value is -1.04. The van der Waals surface area contributed by atoms with Crippen LogP contribution in [0, 0.1) is 0 Å². The lowest BCUT2D eigenvalue weighted by molar-refractivity contribution is 1.31. The van der Waals surface area contributed by atoms with Crippen molar-refractivity contribution in [3.8, 4) is 0 Å². The van der Waals surface area contributed by atoms with Crippen LogP contribution >= 0.6 is 0 Å². The molecule has 0 bridgehead atoms. The third kappa shape index (κ3) is 0.672. The van der Waals surface area contributed by atoms with Crippen LogP contribution in [0.15, 0.2) is 30.3 Å². The first kappa shape index (κ1) is 4.80. The predicted molar refractivity (Wildman–Crippen MR) is 40.3 cm³/mol. The molecule has 1 aliphatic carbocycles. The van der Waals surface area contributed by atoms with Crippen LogP contribution in [0.1, 0.15) is 12.6 Å². The Labute approximate surface area is 56.3 Å². The van der Waals surface area contributed by atoms with E-state index < -0.39 is 0 Å². The summed E-state index contributed by atoms with van der Waals surface area (Å²) in [4.78, 5) is 0. The summed E-state index contributed by atoms with van der Waals surface area (Å²) in [5.74, 6) is 0. The molecule has 1 aromatic carbocycles. The van der Waals surface area contributed by atoms with Gasteiger partial charge in [-0.3, -0.25) is 0 Å². The van der Waals surface area contributed by atoms with Gasteiger partial charge in [0.15, 0.2) is 0 Å². The van der Waals surface area contributed by atoms with E-state index in [1.165, 1.54) is 11.1 Å². The van der Waals surface area contributed by atoms with Crippen molar-refractivity contribution in [2.45, 2.75) is 6.42 Å². The minimum atomic E-state index is 0. The van der Waals surface area contributed by atoms with Gasteiger partial charge in [-0.2, -0.15) is 0 Å². The number of hydrogen-bond donors (Lipinski definition) is 0. The summed E-state index contributed by atoms with van der Waals surface area (Å²) in [6.07, 6.45) is 5.50. The van der Waals surface area contributed by atoms with Crippen molar-refractivity contribution in [3.05, 3.63) is 41.5 Å². The Morgan fingerprint density at radius 2 is 2.11 bits per heavy atom. The third-order valence-corrected chi connectivity index (χ3v) is 1.69. The number of allylic oxidation sites excluding steroid dienone is 1. The molecule has 0 saturated carbocycles. The fraction of sp³-hybridized carbons (Fsp3) is 0.111. The first-order valence-corrected chi connectivity index (χ1v) is 3.21. The van der Waals surface area contributed by atoms with Gasteiger partial charge < -0.3 is 0 Å². The quantitative estimate of drug-likeness (QED) is 0.489. The maximum Gasteiger partial charge on any atom is 1.00 e. The van der Waals surface area contributed by atoms with Crippen LogP contribution in [0.5, 0.6) is 0 Å². The van der Waals surface area contributed by atoms with Crippen molar-refractivity contribution in [2.75, 3.05) is 0 Å². The number of rotatable bonds is 0. The van der Waals surface area contributed by atoms with Crippen LogP contribution in [0.4, 0.5) is 0 Å². The molecule has 0 N–H and O–H groups in total. The van der Waals surface area contributed by atoms with E-state index in [1.54, 1.807) is 0 Å². The van der Waals surface area contributed by atoms with Gasteiger partial charge in [-0.05, 0) is 17.5 Å². The second-order valence-corrected chi connectivity index (χ2v) is 2.31. The van der Waals surface area contributed by atoms with E-state index in [0.717, 1.165) is 6.42 Å². The zero-order valence-electron chi connectivity index (χ0n) is 6.17. The minimum absolute atomic E-state index is 0. The highest BCUT2D eigenvalue weighted by molar-refractivity contribution is 5.59. The molecule has 0 saturated heterocycles. The van der Waals surface area contributed by atoms with Crippen molar-refractivity contribution in [1.29, 1.82) is 0 Å². The Morgan fingerprint density at radius 3 is 3.00 bits per heavy atom. The molecule has 0 heteroatoms. The van der Waals surface area contributed by atoms with Crippen LogP contribution in [-0.4, -0.2) is 0 Å². The van der Waals surface area contributed by atoms with Gasteiger partial charge in [0.2, 0.25) is 0 Å². The largest absolute Gasteiger partial charge is 1.00 e. The van der Waals surface area contributed by atoms with E-state index in [2.05, 4.69) is 36.4 Å². The van der Waals surface area contributed by atoms with E-state index in [0.29, 0.717) is 0 Å². The molecule has 1 aromatic rings. The second-order valence-electron chi connectivity index (χ2n) is 2.31. The molecule has 0 atom stereocenters. The minimum Gasteiger partial charge on any atom is -0.0795 e. The molecular weight excluding hydrogens is 108 g/mol. The SMILES string of the molecule is C1=Cc2ccccc2C1.[H+]. The van der Waals surface area contributed by atoms with Crippen molar-refractivity contribution >= 4 is 6.08 Å². The molecular formula is C9H9+. The Morgan fingerprint density at radius 1 is 1.22 bits per heavy atom. The van der Waals surface area contributed by atoms with Crippen molar-refractivity contribution < 1.29 is 1.43 Å². The second kappa shape index (κ2) is 1.73. The maximum atomic E-state index is 2.20. The van der Waals surface area contributed by atoms with E-state index in [4.69, 9.17) is 0 Å². The summed E-state index contributed by atoms with van der Waals surface area (Å²) < 4.78 is 0. The molecule has 9 heavy (non-hydrogen) atoms. The van der Waals surface area contributed by atoms with Gasteiger partial charge in [0, 0.05) is 0 Å². The molecule has 0 aromatic heterocycles. The Kier molecular flexibility index (Phi) is 0.922. The fourth-order valence-corrected chi connectivity index (χ4v) is 1.20. The van der Waals surface area contributed by atoms with Gasteiger partial charge in [0.25, 0.3) is 0 Å². The zero-order valence-corrected chi connectivity index (χ0v) is 5.17. The molecule has 0 aliphatic heterocycles. The van der Waals surface area contributed by atoms with E-state index in [-0.39, 0.29) is 1.43 Å². The molecule has 0 fully saturated rings. The van der Waals surface area contributed by atoms with Crippen LogP contribution in [0.25, 0.3) is 6.08 Å². The van der Waals surface area contributed by atoms with Crippen LogP contribution < -0.4 is 0 Å². The molecule has 44 valence electrons. The highest BCUT2D eigenvalue weighted by Crippen LogP contribution is 2.17. The summed E-state index contributed by atoms with van der Waals surface area (Å²) in [5.41, 5.74) is 2.84. The van der Waals surface area contributed by atoms with Crippen LogP contribution in [0.2, 0.25) is 0 Å². The lowest BCUT2D eigenvalue weighted by Gasteiger charge is -1.93. The normalized spacial score (nSPS) is 13.8. The van der Waals surface area contributed by atoms with Crippen molar-refractivity contribution in [2.24, 2.45) is 0 Å². The molecule has 1 aliphatic rings. The maximum absolute atomic E-state index is 2.20. The van der Waals surface area contributed by atoms with Crippen LogP contribution in [0.3, 0.4) is 0 Å². The van der Waals surface area contributed by atoms with Gasteiger partial charge in [-0.15, -0.1) is 0 Å². The monoisotopic (exact) mass is 117 g/mol. The fourth-order valence-electron chi connectivity index (χ4n) is 1.20. The molecule has 0 amide bonds. The highest BCUT2D eigenvalue weighted by Gasteiger charge is 2.00. The average Bonchev–Trinajstić information content (AvgIpc) is 2.33. The van der Waals surface area contributed by atoms with Crippen molar-refractivity contribution in [3.63, 3.8) is 0 Å². The number of fused-ring (bicyclic) bond motifs is 1. The van der Waals surface area contributed by atoms with Crippen LogP contribution in [-0.2, 0) is 6.42 Å². The summed E-state index contributed by atoms with van der Waals surface area (Å²) in [5, 5.41) is 0. The van der Waals surface area contributed by atoms with Gasteiger partial charge in [0.1, 0.15) is 0 Å². The van der Waals surface area contributed by atoms with Gasteiger partial charge >= 0.3 is 1.43 Å². The summed E-state index contributed by atoms with van der Waals surface area (Å²) >= 11 is 0. The molecule has 2 rings (SSSR count). The summed E-state index contributed by atoms with van der Waals surface area (Å²) in [7, 11) is 0. The predicted octanol–water partition coefficient (Wildman–Crippen LogP) is 2.37. The topological polar surface area (TPSA) is 0 Å². The molecule has 0 radical (unpaired) electrons. The van der Waals surface area contributed by atoms with E-state index >= 15 is 0 Å². The van der Waals surface area contributed by atoms with Gasteiger partial charge in [-0.25, -0.2) is 0 Å². The third-order valence-electron chi connectivity index (χ3n) is 1.69. The Balaban J connectivity index is 0.000000500. The van der Waals surface area contributed by atoms with Gasteiger partial charge in [0.05, 0.1) is 0 Å². The van der Waals surface area contributed by atoms with E-state index in [9.17, 15) is 0 Å². The molecule has 0 unspecified atom stereocenters. The van der Waals surface area contributed by atoms with E-state index in [1.807, 2.05) is 0 Å². The zero-order chi connectivity index (χ0) is 6.10. The summed E-state index contributed by atoms with van der Waals surface area (Å²) in [6, 6.07) is 8.49. The van der Waals surface area contributed by atoms with Crippen molar-refractivity contribution in [1.82, 2.24) is 0 Å². The molecule has 0 heterocycles. The first-order valence-electron chi connectivity index (χ1n) is 3.21. The first-order chi connectivity index (χ1) is 4.47. The lowest BCUT2D eigenvalue weighted by Crippen LogP contribution is -1.76. The smallest absolute Gasteiger partial charge is 0.0795 e. The lowest BCUT2D eigenvalue weighted by atomic mass is 10.1. The Bertz CT molecular complexity index is 251. The number of hydrogen-bond acceptors (Lipinski definition) is 0. The summed E-state index contributed by atoms with van der Waals surface area (Å²) in [6.45, 7) is 0.